The molecular formula is C22H18N4O3. The van der Waals surface area contributed by atoms with E-state index in [1.807, 2.05) is 24.3 Å². The van der Waals surface area contributed by atoms with Crippen molar-refractivity contribution >= 4 is 34.8 Å². The molecule has 29 heavy (non-hydrogen) atoms. The van der Waals surface area contributed by atoms with Gasteiger partial charge < -0.3 is 14.9 Å². The average Bonchev–Trinajstić information content (AvgIpc) is 3.25. The number of nitrogens with zero attached hydrogens (tertiary/aromatic N) is 4. The molecule has 3 aliphatic heterocycles. The molecule has 3 heterocycles. The third-order valence-corrected chi connectivity index (χ3v) is 6.20. The number of hydrogen-bond donors (Lipinski definition) is 1. The van der Waals surface area contributed by atoms with Crippen molar-refractivity contribution in [2.75, 3.05) is 18.5 Å². The lowest BCUT2D eigenvalue weighted by molar-refractivity contribution is 0.0696. The molecule has 4 aliphatic rings. The number of carboxylic acid groups (broad SMARTS) is 1. The molecule has 7 nitrogen and oxygen atoms in total. The van der Waals surface area contributed by atoms with E-state index in [4.69, 9.17) is 9.98 Å². The third-order valence-electron chi connectivity index (χ3n) is 6.20. The highest BCUT2D eigenvalue weighted by molar-refractivity contribution is 6.54. The molecule has 1 fully saturated rings. The SMILES string of the molecule is CN1Cc2cc(C3=Nc4cc(C(=O)O)ccc4N4CC5(CC5)N=C34)ccc2C1=O. The zero-order valence-electron chi connectivity index (χ0n) is 15.8. The van der Waals surface area contributed by atoms with E-state index in [-0.39, 0.29) is 17.0 Å². The van der Waals surface area contributed by atoms with Crippen LogP contribution in [0.2, 0.25) is 0 Å². The topological polar surface area (TPSA) is 85.6 Å². The Hall–Kier alpha value is -3.48. The predicted octanol–water partition coefficient (Wildman–Crippen LogP) is 2.86. The lowest BCUT2D eigenvalue weighted by Gasteiger charge is -2.28. The van der Waals surface area contributed by atoms with E-state index in [1.165, 1.54) is 0 Å². The third kappa shape index (κ3) is 2.30. The van der Waals surface area contributed by atoms with Crippen molar-refractivity contribution in [2.45, 2.75) is 24.9 Å². The highest BCUT2D eigenvalue weighted by atomic mass is 16.4. The number of hydrogen-bond acceptors (Lipinski definition) is 5. The minimum Gasteiger partial charge on any atom is -0.478 e. The fourth-order valence-corrected chi connectivity index (χ4v) is 4.44. The van der Waals surface area contributed by atoms with Gasteiger partial charge in [0.25, 0.3) is 5.91 Å². The number of carbonyl (C=O) groups excluding carboxylic acids is 1. The molecule has 7 heteroatoms. The Morgan fingerprint density at radius 1 is 1.17 bits per heavy atom. The number of rotatable bonds is 2. The van der Waals surface area contributed by atoms with Crippen LogP contribution in [-0.2, 0) is 6.54 Å². The molecule has 1 spiro atoms. The van der Waals surface area contributed by atoms with Crippen LogP contribution in [0.4, 0.5) is 11.4 Å². The van der Waals surface area contributed by atoms with Crippen LogP contribution in [0.15, 0.2) is 46.4 Å². The monoisotopic (exact) mass is 386 g/mol. The predicted molar refractivity (Wildman–Crippen MR) is 109 cm³/mol. The van der Waals surface area contributed by atoms with Crippen LogP contribution in [0.25, 0.3) is 0 Å². The van der Waals surface area contributed by atoms with Crippen molar-refractivity contribution < 1.29 is 14.7 Å². The van der Waals surface area contributed by atoms with Crippen LogP contribution < -0.4 is 4.90 Å². The Kier molecular flexibility index (Phi) is 3.02. The number of aromatic carboxylic acids is 1. The van der Waals surface area contributed by atoms with Gasteiger partial charge in [-0.25, -0.2) is 9.79 Å². The van der Waals surface area contributed by atoms with Gasteiger partial charge in [0.15, 0.2) is 5.84 Å². The molecule has 0 bridgehead atoms. The number of carboxylic acids is 1. The number of carbonyl (C=O) groups is 2. The second-order valence-electron chi connectivity index (χ2n) is 8.25. The van der Waals surface area contributed by atoms with Crippen molar-refractivity contribution in [3.05, 3.63) is 58.7 Å². The first-order chi connectivity index (χ1) is 13.9. The molecule has 2 aromatic rings. The number of anilines is 1. The number of aliphatic imine (C=N–C) groups is 2. The average molecular weight is 386 g/mol. The molecule has 1 N–H and O–H groups in total. The van der Waals surface area contributed by atoms with E-state index in [2.05, 4.69) is 4.90 Å². The van der Waals surface area contributed by atoms with Gasteiger partial charge in [-0.3, -0.25) is 9.79 Å². The van der Waals surface area contributed by atoms with Crippen molar-refractivity contribution in [3.8, 4) is 0 Å². The summed E-state index contributed by atoms with van der Waals surface area (Å²) in [6.07, 6.45) is 2.12. The van der Waals surface area contributed by atoms with Crippen molar-refractivity contribution in [1.82, 2.24) is 4.90 Å². The van der Waals surface area contributed by atoms with Gasteiger partial charge in [0.1, 0.15) is 5.71 Å². The van der Waals surface area contributed by atoms with Gasteiger partial charge in [-0.05, 0) is 48.7 Å². The molecule has 6 rings (SSSR count). The highest BCUT2D eigenvalue weighted by Gasteiger charge is 2.51. The number of fused-ring (bicyclic) bond motifs is 4. The maximum Gasteiger partial charge on any atom is 0.335 e. The largest absolute Gasteiger partial charge is 0.478 e. The zero-order chi connectivity index (χ0) is 19.9. The van der Waals surface area contributed by atoms with Crippen LogP contribution in [-0.4, -0.2) is 52.6 Å². The molecule has 0 unspecified atom stereocenters. The number of benzene rings is 2. The molecular weight excluding hydrogens is 368 g/mol. The Morgan fingerprint density at radius 2 is 2.00 bits per heavy atom. The summed E-state index contributed by atoms with van der Waals surface area (Å²) < 4.78 is 0. The summed E-state index contributed by atoms with van der Waals surface area (Å²) in [6.45, 7) is 1.38. The fraction of sp³-hybridized carbons (Fsp3) is 0.273. The van der Waals surface area contributed by atoms with Crippen LogP contribution in [0.5, 0.6) is 0 Å². The summed E-state index contributed by atoms with van der Waals surface area (Å²) in [5, 5.41) is 9.38. The lowest BCUT2D eigenvalue weighted by Crippen LogP contribution is -2.37. The summed E-state index contributed by atoms with van der Waals surface area (Å²) in [5.74, 6) is -0.0933. The van der Waals surface area contributed by atoms with E-state index in [0.29, 0.717) is 12.2 Å². The maximum absolute atomic E-state index is 12.2. The maximum atomic E-state index is 12.2. The summed E-state index contributed by atoms with van der Waals surface area (Å²) >= 11 is 0. The quantitative estimate of drug-likeness (QED) is 0.860. The van der Waals surface area contributed by atoms with Crippen molar-refractivity contribution in [1.29, 1.82) is 0 Å². The van der Waals surface area contributed by atoms with Gasteiger partial charge in [0.05, 0.1) is 29.0 Å². The Morgan fingerprint density at radius 3 is 2.76 bits per heavy atom. The van der Waals surface area contributed by atoms with Gasteiger partial charge in [-0.15, -0.1) is 0 Å². The number of amidine groups is 1. The highest BCUT2D eigenvalue weighted by Crippen LogP contribution is 2.48. The minimum atomic E-state index is -0.969. The summed E-state index contributed by atoms with van der Waals surface area (Å²) in [6, 6.07) is 10.9. The molecule has 0 atom stereocenters. The molecule has 0 saturated heterocycles. The van der Waals surface area contributed by atoms with E-state index in [9.17, 15) is 14.7 Å². The zero-order valence-corrected chi connectivity index (χ0v) is 15.8. The first-order valence-electron chi connectivity index (χ1n) is 9.67. The summed E-state index contributed by atoms with van der Waals surface area (Å²) in [5.41, 5.74) is 5.08. The van der Waals surface area contributed by atoms with E-state index < -0.39 is 5.97 Å². The summed E-state index contributed by atoms with van der Waals surface area (Å²) in [4.78, 5) is 37.4. The first-order valence-corrected chi connectivity index (χ1v) is 9.67. The van der Waals surface area contributed by atoms with Gasteiger partial charge in [0, 0.05) is 24.7 Å². The van der Waals surface area contributed by atoms with Gasteiger partial charge in [0.2, 0.25) is 0 Å². The Bertz CT molecular complexity index is 1190. The van der Waals surface area contributed by atoms with Crippen LogP contribution in [0, 0.1) is 0 Å². The van der Waals surface area contributed by atoms with E-state index >= 15 is 0 Å². The lowest BCUT2D eigenvalue weighted by atomic mass is 10.00. The first kappa shape index (κ1) is 16.5. The van der Waals surface area contributed by atoms with Gasteiger partial charge in [-0.1, -0.05) is 6.07 Å². The second-order valence-corrected chi connectivity index (χ2v) is 8.25. The second kappa shape index (κ2) is 5.31. The minimum absolute atomic E-state index is 0.0317. The molecule has 1 saturated carbocycles. The Labute approximate surface area is 167 Å². The summed E-state index contributed by atoms with van der Waals surface area (Å²) in [7, 11) is 1.80. The Balaban J connectivity index is 1.52. The standard InChI is InChI=1S/C22H18N4O3/c1-25-10-14-8-12(2-4-15(14)20(25)27)18-19-24-22(6-7-22)11-26(19)17-5-3-13(21(28)29)9-16(17)23-18/h2-5,8-9H,6-7,10-11H2,1H3,(H,28,29). The smallest absolute Gasteiger partial charge is 0.335 e. The molecule has 1 aliphatic carbocycles. The molecule has 0 aromatic heterocycles. The van der Waals surface area contributed by atoms with Crippen LogP contribution in [0.3, 0.4) is 0 Å². The van der Waals surface area contributed by atoms with E-state index in [0.717, 1.165) is 53.3 Å². The molecule has 1 amide bonds. The van der Waals surface area contributed by atoms with Crippen LogP contribution in [0.1, 0.15) is 44.7 Å². The van der Waals surface area contributed by atoms with Gasteiger partial charge in [-0.2, -0.15) is 0 Å². The molecule has 2 aromatic carbocycles. The van der Waals surface area contributed by atoms with Gasteiger partial charge >= 0.3 is 5.97 Å². The normalized spacial score (nSPS) is 20.2. The van der Waals surface area contributed by atoms with E-state index in [1.54, 1.807) is 24.1 Å². The van der Waals surface area contributed by atoms with Crippen LogP contribution >= 0.6 is 0 Å². The fourth-order valence-electron chi connectivity index (χ4n) is 4.44. The van der Waals surface area contributed by atoms with Crippen molar-refractivity contribution in [2.24, 2.45) is 9.98 Å². The molecule has 0 radical (unpaired) electrons. The van der Waals surface area contributed by atoms with Crippen molar-refractivity contribution in [3.63, 3.8) is 0 Å². The molecule has 144 valence electrons. The number of amides is 1.